The average molecular weight is 515 g/mol. The fourth-order valence-corrected chi connectivity index (χ4v) is 3.50. The van der Waals surface area contributed by atoms with E-state index in [1.54, 1.807) is 57.2 Å². The van der Waals surface area contributed by atoms with Gasteiger partial charge in [-0.1, -0.05) is 12.1 Å². The molecule has 5 N–H and O–H groups in total. The van der Waals surface area contributed by atoms with E-state index in [-0.39, 0.29) is 18.6 Å². The molecule has 11 heteroatoms. The van der Waals surface area contributed by atoms with E-state index in [0.29, 0.717) is 17.0 Å². The number of carbonyl (C=O) groups is 4. The molecular weight excluding hydrogens is 480 g/mol. The van der Waals surface area contributed by atoms with Crippen LogP contribution < -0.4 is 21.1 Å². The molecule has 2 aromatic rings. The molecule has 0 aliphatic heterocycles. The number of ether oxygens (including phenoxy) is 2. The summed E-state index contributed by atoms with van der Waals surface area (Å²) >= 11 is 0. The lowest BCUT2D eigenvalue weighted by Crippen LogP contribution is -2.51. The van der Waals surface area contributed by atoms with Gasteiger partial charge < -0.3 is 35.8 Å². The minimum Gasteiger partial charge on any atom is -0.508 e. The van der Waals surface area contributed by atoms with E-state index >= 15 is 0 Å². The SMILES string of the molecule is COc1ccc(NC(=O)C(c2cccc(O)c2)N(C)C(=O)C(CCC(N)=O)NC(=O)OC(C)(C)C)cc1. The predicted octanol–water partition coefficient (Wildman–Crippen LogP) is 2.70. The number of anilines is 1. The first-order valence-electron chi connectivity index (χ1n) is 11.6. The quantitative estimate of drug-likeness (QED) is 0.379. The molecule has 200 valence electrons. The number of nitrogens with one attached hydrogen (secondary N) is 2. The Labute approximate surface area is 215 Å². The lowest BCUT2D eigenvalue weighted by Gasteiger charge is -2.31. The van der Waals surface area contributed by atoms with Gasteiger partial charge in [0.05, 0.1) is 7.11 Å². The molecule has 2 atom stereocenters. The molecule has 11 nitrogen and oxygen atoms in total. The molecular formula is C26H34N4O7. The smallest absolute Gasteiger partial charge is 0.408 e. The van der Waals surface area contributed by atoms with Gasteiger partial charge in [0.2, 0.25) is 11.8 Å². The van der Waals surface area contributed by atoms with E-state index in [0.717, 1.165) is 4.90 Å². The number of nitrogens with zero attached hydrogens (tertiary/aromatic N) is 1. The average Bonchev–Trinajstić information content (AvgIpc) is 2.80. The zero-order chi connectivity index (χ0) is 27.8. The van der Waals surface area contributed by atoms with Gasteiger partial charge in [-0.25, -0.2) is 4.79 Å². The Balaban J connectivity index is 2.37. The summed E-state index contributed by atoms with van der Waals surface area (Å²) in [6, 6.07) is 10.1. The molecule has 0 radical (unpaired) electrons. The Hall–Kier alpha value is -4.28. The maximum atomic E-state index is 13.5. The van der Waals surface area contributed by atoms with Crippen LogP contribution in [0.3, 0.4) is 0 Å². The van der Waals surface area contributed by atoms with Crippen molar-refractivity contribution in [2.75, 3.05) is 19.5 Å². The maximum Gasteiger partial charge on any atom is 0.408 e. The summed E-state index contributed by atoms with van der Waals surface area (Å²) in [4.78, 5) is 51.9. The van der Waals surface area contributed by atoms with E-state index < -0.39 is 41.5 Å². The number of likely N-dealkylation sites (N-methyl/N-ethyl adjacent to an activating group) is 1. The van der Waals surface area contributed by atoms with Gasteiger partial charge >= 0.3 is 6.09 Å². The Morgan fingerprint density at radius 3 is 2.27 bits per heavy atom. The van der Waals surface area contributed by atoms with Crippen molar-refractivity contribution in [3.8, 4) is 11.5 Å². The lowest BCUT2D eigenvalue weighted by molar-refractivity contribution is -0.139. The number of hydrogen-bond acceptors (Lipinski definition) is 7. The summed E-state index contributed by atoms with van der Waals surface area (Å²) in [5, 5.41) is 15.2. The lowest BCUT2D eigenvalue weighted by atomic mass is 10.0. The highest BCUT2D eigenvalue weighted by Crippen LogP contribution is 2.26. The standard InChI is InChI=1S/C26H34N4O7/c1-26(2,3)37-25(35)29-20(13-14-21(27)32)24(34)30(4)22(16-7-6-8-18(31)15-16)23(33)28-17-9-11-19(36-5)12-10-17/h6-12,15,20,22,31H,13-14H2,1-5H3,(H2,27,32)(H,28,33)(H,29,35). The van der Waals surface area contributed by atoms with Gasteiger partial charge in [-0.2, -0.15) is 0 Å². The maximum absolute atomic E-state index is 13.5. The summed E-state index contributed by atoms with van der Waals surface area (Å²) in [7, 11) is 2.91. The minimum atomic E-state index is -1.21. The van der Waals surface area contributed by atoms with Crippen LogP contribution in [0, 0.1) is 0 Å². The molecule has 0 saturated carbocycles. The molecule has 0 aliphatic rings. The number of hydrogen-bond donors (Lipinski definition) is 4. The van der Waals surface area contributed by atoms with Crippen molar-refractivity contribution in [3.05, 3.63) is 54.1 Å². The van der Waals surface area contributed by atoms with E-state index in [2.05, 4.69) is 10.6 Å². The fourth-order valence-electron chi connectivity index (χ4n) is 3.50. The third kappa shape index (κ3) is 9.02. The van der Waals surface area contributed by atoms with E-state index in [1.807, 2.05) is 0 Å². The first-order valence-corrected chi connectivity index (χ1v) is 11.6. The van der Waals surface area contributed by atoms with Gasteiger partial charge in [0, 0.05) is 19.2 Å². The first-order chi connectivity index (χ1) is 17.3. The van der Waals surface area contributed by atoms with Gasteiger partial charge in [0.15, 0.2) is 0 Å². The molecule has 0 fully saturated rings. The first kappa shape index (κ1) is 29.0. The third-order valence-electron chi connectivity index (χ3n) is 5.20. The van der Waals surface area contributed by atoms with Crippen LogP contribution in [0.15, 0.2) is 48.5 Å². The fraction of sp³-hybridized carbons (Fsp3) is 0.385. The number of amides is 4. The number of primary amides is 1. The van der Waals surface area contributed by atoms with E-state index in [9.17, 15) is 24.3 Å². The highest BCUT2D eigenvalue weighted by Gasteiger charge is 2.34. The summed E-state index contributed by atoms with van der Waals surface area (Å²) < 4.78 is 10.4. The monoisotopic (exact) mass is 514 g/mol. The van der Waals surface area contributed by atoms with Crippen LogP contribution in [-0.2, 0) is 19.1 Å². The zero-order valence-electron chi connectivity index (χ0n) is 21.6. The Morgan fingerprint density at radius 1 is 1.08 bits per heavy atom. The molecule has 0 saturated heterocycles. The molecule has 0 bridgehead atoms. The number of phenols is 1. The molecule has 0 spiro atoms. The van der Waals surface area contributed by atoms with E-state index in [4.69, 9.17) is 15.2 Å². The number of benzene rings is 2. The molecule has 0 aliphatic carbocycles. The molecule has 0 aromatic heterocycles. The number of methoxy groups -OCH3 is 1. The highest BCUT2D eigenvalue weighted by atomic mass is 16.6. The second-order valence-corrected chi connectivity index (χ2v) is 9.37. The summed E-state index contributed by atoms with van der Waals surface area (Å²) in [6.07, 6.45) is -1.15. The van der Waals surface area contributed by atoms with Gasteiger partial charge in [0.25, 0.3) is 5.91 Å². The predicted molar refractivity (Wildman–Crippen MR) is 137 cm³/mol. The van der Waals surface area contributed by atoms with Crippen LogP contribution >= 0.6 is 0 Å². The van der Waals surface area contributed by atoms with Crippen LogP contribution in [0.2, 0.25) is 0 Å². The van der Waals surface area contributed by atoms with Crippen molar-refractivity contribution < 1.29 is 33.8 Å². The molecule has 4 amide bonds. The van der Waals surface area contributed by atoms with Crippen molar-refractivity contribution in [2.45, 2.75) is 51.3 Å². The summed E-state index contributed by atoms with van der Waals surface area (Å²) in [5.41, 5.74) is 5.22. The molecule has 2 unspecified atom stereocenters. The van der Waals surface area contributed by atoms with Gasteiger partial charge in [-0.05, 0) is 69.2 Å². The summed E-state index contributed by atoms with van der Waals surface area (Å²) in [5.74, 6) is -1.39. The second kappa shape index (κ2) is 12.6. The molecule has 2 aromatic carbocycles. The van der Waals surface area contributed by atoms with Gasteiger partial charge in [-0.3, -0.25) is 14.4 Å². The topological polar surface area (TPSA) is 160 Å². The Morgan fingerprint density at radius 2 is 1.73 bits per heavy atom. The normalized spacial score (nSPS) is 12.6. The molecule has 2 rings (SSSR count). The number of alkyl carbamates (subject to hydrolysis) is 1. The largest absolute Gasteiger partial charge is 0.508 e. The number of aromatic hydroxyl groups is 1. The van der Waals surface area contributed by atoms with Crippen LogP contribution in [0.5, 0.6) is 11.5 Å². The van der Waals surface area contributed by atoms with Crippen molar-refractivity contribution in [1.82, 2.24) is 10.2 Å². The third-order valence-corrected chi connectivity index (χ3v) is 5.20. The number of rotatable bonds is 10. The summed E-state index contributed by atoms with van der Waals surface area (Å²) in [6.45, 7) is 5.00. The second-order valence-electron chi connectivity index (χ2n) is 9.37. The minimum absolute atomic E-state index is 0.0993. The number of nitrogens with two attached hydrogens (primary N) is 1. The number of phenolic OH excluding ortho intramolecular Hbond substituents is 1. The Kier molecular flexibility index (Phi) is 9.87. The van der Waals surface area contributed by atoms with Crippen molar-refractivity contribution >= 4 is 29.5 Å². The molecule has 37 heavy (non-hydrogen) atoms. The molecule has 0 heterocycles. The van der Waals surface area contributed by atoms with Crippen molar-refractivity contribution in [3.63, 3.8) is 0 Å². The van der Waals surface area contributed by atoms with Gasteiger partial charge in [0.1, 0.15) is 29.2 Å². The van der Waals surface area contributed by atoms with E-state index in [1.165, 1.54) is 26.3 Å². The van der Waals surface area contributed by atoms with Crippen molar-refractivity contribution in [2.24, 2.45) is 5.73 Å². The zero-order valence-corrected chi connectivity index (χ0v) is 21.6. The van der Waals surface area contributed by atoms with Crippen LogP contribution in [0.25, 0.3) is 0 Å². The van der Waals surface area contributed by atoms with Gasteiger partial charge in [-0.15, -0.1) is 0 Å². The number of carbonyl (C=O) groups excluding carboxylic acids is 4. The Bertz CT molecular complexity index is 1110. The van der Waals surface area contributed by atoms with Crippen molar-refractivity contribution in [1.29, 1.82) is 0 Å². The van der Waals surface area contributed by atoms with Crippen LogP contribution in [0.4, 0.5) is 10.5 Å². The van der Waals surface area contributed by atoms with Crippen LogP contribution in [0.1, 0.15) is 45.2 Å². The highest BCUT2D eigenvalue weighted by molar-refractivity contribution is 5.99. The van der Waals surface area contributed by atoms with Crippen LogP contribution in [-0.4, -0.2) is 59.6 Å².